The quantitative estimate of drug-likeness (QED) is 0.771. The monoisotopic (exact) mass is 400 g/mol. The van der Waals surface area contributed by atoms with Crippen LogP contribution in [0.15, 0.2) is 11.6 Å². The molecule has 0 aromatic heterocycles. The summed E-state index contributed by atoms with van der Waals surface area (Å²) in [6, 6.07) is 0. The fourth-order valence-electron chi connectivity index (χ4n) is 7.44. The largest absolute Gasteiger partial charge is 0.481 e. The lowest BCUT2D eigenvalue weighted by Gasteiger charge is -2.56. The number of rotatable bonds is 4. The average molecular weight is 401 g/mol. The van der Waals surface area contributed by atoms with Gasteiger partial charge in [-0.3, -0.25) is 19.2 Å². The summed E-state index contributed by atoms with van der Waals surface area (Å²) in [7, 11) is 0. The number of carbonyl (C=O) groups is 4. The topological polar surface area (TPSA) is 88.5 Å². The van der Waals surface area contributed by atoms with Crippen LogP contribution in [0.4, 0.5) is 0 Å². The molecule has 4 aliphatic rings. The predicted octanol–water partition coefficient (Wildman–Crippen LogP) is 3.99. The maximum Gasteiger partial charge on any atom is 0.303 e. The van der Waals surface area contributed by atoms with E-state index < -0.39 is 11.4 Å². The Morgan fingerprint density at radius 3 is 2.62 bits per heavy atom. The Hall–Kier alpha value is -1.78. The van der Waals surface area contributed by atoms with Crippen LogP contribution in [0.3, 0.4) is 0 Å². The first-order valence-electron chi connectivity index (χ1n) is 11.1. The highest BCUT2D eigenvalue weighted by atomic mass is 16.4. The highest BCUT2D eigenvalue weighted by molar-refractivity contribution is 5.99. The average Bonchev–Trinajstić information content (AvgIpc) is 3.01. The molecule has 4 rings (SSSR count). The van der Waals surface area contributed by atoms with Crippen LogP contribution in [0, 0.1) is 40.4 Å². The summed E-state index contributed by atoms with van der Waals surface area (Å²) in [6.45, 7) is 6.27. The molecule has 0 spiro atoms. The second-order valence-electron chi connectivity index (χ2n) is 10.4. The minimum absolute atomic E-state index is 0.00162. The molecule has 0 amide bonds. The van der Waals surface area contributed by atoms with Crippen molar-refractivity contribution in [3.63, 3.8) is 0 Å². The van der Waals surface area contributed by atoms with Crippen molar-refractivity contribution in [1.29, 1.82) is 0 Å². The van der Waals surface area contributed by atoms with Crippen LogP contribution in [0.1, 0.15) is 72.1 Å². The van der Waals surface area contributed by atoms with Gasteiger partial charge in [-0.2, -0.15) is 0 Å². The molecule has 5 nitrogen and oxygen atoms in total. The van der Waals surface area contributed by atoms with Crippen molar-refractivity contribution in [2.24, 2.45) is 40.4 Å². The fraction of sp³-hybridized carbons (Fsp3) is 0.750. The van der Waals surface area contributed by atoms with Gasteiger partial charge < -0.3 is 5.11 Å². The number of hydrogen-bond acceptors (Lipinski definition) is 4. The smallest absolute Gasteiger partial charge is 0.303 e. The van der Waals surface area contributed by atoms with Crippen molar-refractivity contribution in [3.8, 4) is 0 Å². The number of hydrogen-bond donors (Lipinski definition) is 1. The zero-order chi connectivity index (χ0) is 21.1. The van der Waals surface area contributed by atoms with E-state index >= 15 is 0 Å². The van der Waals surface area contributed by atoms with Gasteiger partial charge >= 0.3 is 5.97 Å². The zero-order valence-corrected chi connectivity index (χ0v) is 17.7. The second-order valence-corrected chi connectivity index (χ2v) is 10.4. The van der Waals surface area contributed by atoms with Crippen LogP contribution < -0.4 is 0 Å². The molecular weight excluding hydrogens is 368 g/mol. The minimum atomic E-state index is -0.800. The van der Waals surface area contributed by atoms with E-state index in [1.54, 1.807) is 6.08 Å². The van der Waals surface area contributed by atoms with Gasteiger partial charge in [0.2, 0.25) is 0 Å². The number of allylic oxidation sites excluding steroid dienone is 2. The Morgan fingerprint density at radius 1 is 1.21 bits per heavy atom. The third-order valence-corrected chi connectivity index (χ3v) is 9.21. The summed E-state index contributed by atoms with van der Waals surface area (Å²) >= 11 is 0. The third-order valence-electron chi connectivity index (χ3n) is 9.21. The van der Waals surface area contributed by atoms with Gasteiger partial charge in [0.15, 0.2) is 5.78 Å². The first-order chi connectivity index (χ1) is 13.6. The van der Waals surface area contributed by atoms with Crippen molar-refractivity contribution >= 4 is 23.3 Å². The van der Waals surface area contributed by atoms with E-state index in [4.69, 9.17) is 5.11 Å². The van der Waals surface area contributed by atoms with Gasteiger partial charge in [-0.05, 0) is 60.8 Å². The number of Topliss-reactive ketones (excluding diaryl/α,β-unsaturated/α-hetero) is 2. The van der Waals surface area contributed by atoms with E-state index in [1.165, 1.54) is 0 Å². The number of carbonyl (C=O) groups excluding carboxylic acids is 3. The molecule has 0 aliphatic heterocycles. The molecule has 4 aliphatic carbocycles. The van der Waals surface area contributed by atoms with Crippen molar-refractivity contribution in [3.05, 3.63) is 11.6 Å². The second kappa shape index (κ2) is 6.88. The number of fused-ring (bicyclic) bond motifs is 5. The van der Waals surface area contributed by atoms with Gasteiger partial charge in [-0.15, -0.1) is 0 Å². The molecule has 29 heavy (non-hydrogen) atoms. The lowest BCUT2D eigenvalue weighted by Crippen LogP contribution is -2.57. The van der Waals surface area contributed by atoms with Gasteiger partial charge in [0.1, 0.15) is 11.6 Å². The molecule has 0 heterocycles. The van der Waals surface area contributed by atoms with Crippen molar-refractivity contribution in [1.82, 2.24) is 0 Å². The standard InChI is InChI=1S/C24H32O5/c1-13(4-7-21(28)29)16-5-6-17-22-18(12-20(27)24(16,17)3)23(2)9-8-15(25)10-14(23)11-19(22)26/h11,13,16-18,22H,4-10,12H2,1-3H3,(H,28,29)/t13-,16-,17+,18+,22+,23+,24-/m1/s1. The fourth-order valence-corrected chi connectivity index (χ4v) is 7.44. The number of ketones is 3. The highest BCUT2D eigenvalue weighted by Crippen LogP contribution is 2.65. The van der Waals surface area contributed by atoms with E-state index in [2.05, 4.69) is 13.8 Å². The molecule has 0 aromatic rings. The van der Waals surface area contributed by atoms with Gasteiger partial charge in [0.05, 0.1) is 0 Å². The number of aliphatic carboxylic acids is 1. The highest BCUT2D eigenvalue weighted by Gasteiger charge is 2.64. The third kappa shape index (κ3) is 2.95. The van der Waals surface area contributed by atoms with Gasteiger partial charge in [0.25, 0.3) is 0 Å². The van der Waals surface area contributed by atoms with Gasteiger partial charge in [-0.25, -0.2) is 0 Å². The van der Waals surface area contributed by atoms with Crippen LogP contribution in [0.5, 0.6) is 0 Å². The molecule has 7 atom stereocenters. The maximum absolute atomic E-state index is 13.6. The summed E-state index contributed by atoms with van der Waals surface area (Å²) in [4.78, 5) is 49.8. The van der Waals surface area contributed by atoms with Crippen LogP contribution in [-0.4, -0.2) is 28.4 Å². The van der Waals surface area contributed by atoms with E-state index in [0.29, 0.717) is 25.7 Å². The molecular formula is C24H32O5. The first kappa shape index (κ1) is 20.5. The molecule has 1 N–H and O–H groups in total. The lowest BCUT2D eigenvalue weighted by atomic mass is 9.46. The molecule has 0 radical (unpaired) electrons. The number of carboxylic acids is 1. The Labute approximate surface area is 172 Å². The Balaban J connectivity index is 1.67. The Morgan fingerprint density at radius 2 is 1.93 bits per heavy atom. The summed E-state index contributed by atoms with van der Waals surface area (Å²) in [5.74, 6) is -0.0655. The van der Waals surface area contributed by atoms with Crippen LogP contribution in [-0.2, 0) is 19.2 Å². The molecule has 3 fully saturated rings. The van der Waals surface area contributed by atoms with Gasteiger partial charge in [-0.1, -0.05) is 26.3 Å². The van der Waals surface area contributed by atoms with Crippen LogP contribution in [0.25, 0.3) is 0 Å². The molecule has 0 aromatic carbocycles. The predicted molar refractivity (Wildman–Crippen MR) is 107 cm³/mol. The Bertz CT molecular complexity index is 810. The summed E-state index contributed by atoms with van der Waals surface area (Å²) in [5, 5.41) is 9.06. The lowest BCUT2D eigenvalue weighted by molar-refractivity contribution is -0.152. The van der Waals surface area contributed by atoms with E-state index in [9.17, 15) is 19.2 Å². The maximum atomic E-state index is 13.6. The normalized spacial score (nSPS) is 42.6. The van der Waals surface area contributed by atoms with Crippen molar-refractivity contribution in [2.75, 3.05) is 0 Å². The zero-order valence-electron chi connectivity index (χ0n) is 17.7. The van der Waals surface area contributed by atoms with Gasteiger partial charge in [0, 0.05) is 37.0 Å². The Kier molecular flexibility index (Phi) is 4.86. The summed E-state index contributed by atoms with van der Waals surface area (Å²) in [5.41, 5.74) is 0.179. The molecule has 158 valence electrons. The first-order valence-corrected chi connectivity index (χ1v) is 11.1. The van der Waals surface area contributed by atoms with Crippen molar-refractivity contribution in [2.45, 2.75) is 72.1 Å². The number of carboxylic acid groups (broad SMARTS) is 1. The van der Waals surface area contributed by atoms with E-state index in [0.717, 1.165) is 24.8 Å². The summed E-state index contributed by atoms with van der Waals surface area (Å²) < 4.78 is 0. The molecule has 0 unspecified atom stereocenters. The summed E-state index contributed by atoms with van der Waals surface area (Å²) in [6.07, 6.45) is 6.22. The van der Waals surface area contributed by atoms with E-state index in [-0.39, 0.29) is 58.8 Å². The van der Waals surface area contributed by atoms with E-state index in [1.807, 2.05) is 6.92 Å². The minimum Gasteiger partial charge on any atom is -0.481 e. The van der Waals surface area contributed by atoms with Crippen molar-refractivity contribution < 1.29 is 24.3 Å². The van der Waals surface area contributed by atoms with Crippen LogP contribution >= 0.6 is 0 Å². The van der Waals surface area contributed by atoms with Crippen LogP contribution in [0.2, 0.25) is 0 Å². The SMILES string of the molecule is C[C@H](CCC(=O)O)[C@H]1CC[C@H]2[C@@H]3C(=O)C=C4CC(=O)CC[C@]4(C)[C@H]3CC(=O)[C@]12C. The molecule has 0 saturated heterocycles. The molecule has 5 heteroatoms. The molecule has 3 saturated carbocycles. The molecule has 0 bridgehead atoms.